The number of carbonyl (C=O) groups is 1. The Balaban J connectivity index is 1.65. The van der Waals surface area contributed by atoms with Crippen LogP contribution in [0.4, 0.5) is 4.79 Å². The Hall–Kier alpha value is -1.25. The average Bonchev–Trinajstić information content (AvgIpc) is 2.53. The van der Waals surface area contributed by atoms with E-state index in [4.69, 9.17) is 15.9 Å². The highest BCUT2D eigenvalue weighted by Gasteiger charge is 2.28. The SMILES string of the molecule is C#CCOC1CCN(CC2CCN(C(=O)OC(C)(C)C)CC2)CC1. The molecule has 2 saturated heterocycles. The van der Waals surface area contributed by atoms with Gasteiger partial charge in [-0.1, -0.05) is 5.92 Å². The molecule has 0 atom stereocenters. The first-order valence-electron chi connectivity index (χ1n) is 9.12. The highest BCUT2D eigenvalue weighted by Crippen LogP contribution is 2.22. The average molecular weight is 336 g/mol. The third kappa shape index (κ3) is 6.33. The smallest absolute Gasteiger partial charge is 0.410 e. The van der Waals surface area contributed by atoms with Crippen LogP contribution in [0.15, 0.2) is 0 Å². The van der Waals surface area contributed by atoms with Crippen molar-refractivity contribution in [1.82, 2.24) is 9.80 Å². The topological polar surface area (TPSA) is 42.0 Å². The molecule has 0 saturated carbocycles. The van der Waals surface area contributed by atoms with Crippen LogP contribution in [-0.4, -0.2) is 66.9 Å². The van der Waals surface area contributed by atoms with E-state index in [2.05, 4.69) is 10.8 Å². The second-order valence-corrected chi connectivity index (χ2v) is 7.93. The van der Waals surface area contributed by atoms with E-state index in [0.717, 1.165) is 58.4 Å². The van der Waals surface area contributed by atoms with Gasteiger partial charge in [0.25, 0.3) is 0 Å². The van der Waals surface area contributed by atoms with E-state index in [1.54, 1.807) is 0 Å². The van der Waals surface area contributed by atoms with Crippen LogP contribution >= 0.6 is 0 Å². The quantitative estimate of drug-likeness (QED) is 0.740. The molecule has 2 aliphatic rings. The molecule has 0 aromatic carbocycles. The van der Waals surface area contributed by atoms with Crippen molar-refractivity contribution in [3.8, 4) is 12.3 Å². The monoisotopic (exact) mass is 336 g/mol. The largest absolute Gasteiger partial charge is 0.444 e. The fourth-order valence-electron chi connectivity index (χ4n) is 3.41. The van der Waals surface area contributed by atoms with E-state index in [9.17, 15) is 4.79 Å². The molecule has 0 aromatic rings. The van der Waals surface area contributed by atoms with Gasteiger partial charge in [0.2, 0.25) is 0 Å². The molecule has 2 heterocycles. The zero-order chi connectivity index (χ0) is 17.6. The number of rotatable bonds is 4. The predicted octanol–water partition coefficient (Wildman–Crippen LogP) is 2.75. The molecule has 2 fully saturated rings. The number of amides is 1. The second kappa shape index (κ2) is 8.73. The summed E-state index contributed by atoms with van der Waals surface area (Å²) in [5, 5.41) is 0. The fourth-order valence-corrected chi connectivity index (χ4v) is 3.41. The van der Waals surface area contributed by atoms with Crippen molar-refractivity contribution in [2.45, 2.75) is 58.2 Å². The standard InChI is InChI=1S/C19H32N2O3/c1-5-14-23-17-8-10-20(11-9-17)15-16-6-12-21(13-7-16)18(22)24-19(2,3)4/h1,16-17H,6-15H2,2-4H3. The fraction of sp³-hybridized carbons (Fsp3) is 0.842. The first-order chi connectivity index (χ1) is 11.4. The van der Waals surface area contributed by atoms with Gasteiger partial charge in [0.05, 0.1) is 6.10 Å². The number of nitrogens with zero attached hydrogens (tertiary/aromatic N) is 2. The molecule has 5 heteroatoms. The van der Waals surface area contributed by atoms with Crippen LogP contribution < -0.4 is 0 Å². The molecule has 2 aliphatic heterocycles. The summed E-state index contributed by atoms with van der Waals surface area (Å²) in [5.41, 5.74) is -0.417. The Morgan fingerprint density at radius 1 is 1.12 bits per heavy atom. The molecule has 2 rings (SSSR count). The number of carbonyl (C=O) groups excluding carboxylic acids is 1. The Morgan fingerprint density at radius 2 is 1.75 bits per heavy atom. The van der Waals surface area contributed by atoms with E-state index in [-0.39, 0.29) is 6.09 Å². The number of hydrogen-bond acceptors (Lipinski definition) is 4. The van der Waals surface area contributed by atoms with Gasteiger partial charge in [0.1, 0.15) is 12.2 Å². The van der Waals surface area contributed by atoms with Gasteiger partial charge in [-0.05, 0) is 52.4 Å². The van der Waals surface area contributed by atoms with Crippen LogP contribution in [0.1, 0.15) is 46.5 Å². The molecule has 0 radical (unpaired) electrons. The van der Waals surface area contributed by atoms with Gasteiger partial charge in [0.15, 0.2) is 0 Å². The van der Waals surface area contributed by atoms with E-state index in [1.807, 2.05) is 25.7 Å². The summed E-state index contributed by atoms with van der Waals surface area (Å²) >= 11 is 0. The van der Waals surface area contributed by atoms with Gasteiger partial charge in [-0.3, -0.25) is 0 Å². The lowest BCUT2D eigenvalue weighted by Gasteiger charge is -2.37. The third-order valence-electron chi connectivity index (χ3n) is 4.72. The summed E-state index contributed by atoms with van der Waals surface area (Å²) in [5.74, 6) is 3.21. The van der Waals surface area contributed by atoms with Crippen LogP contribution in [0.2, 0.25) is 0 Å². The minimum absolute atomic E-state index is 0.174. The van der Waals surface area contributed by atoms with Crippen LogP contribution in [-0.2, 0) is 9.47 Å². The van der Waals surface area contributed by atoms with Crippen LogP contribution in [0.5, 0.6) is 0 Å². The maximum atomic E-state index is 12.1. The zero-order valence-corrected chi connectivity index (χ0v) is 15.4. The zero-order valence-electron chi connectivity index (χ0n) is 15.4. The summed E-state index contributed by atoms with van der Waals surface area (Å²) in [6.07, 6.45) is 9.65. The van der Waals surface area contributed by atoms with E-state index < -0.39 is 5.60 Å². The number of piperidine rings is 2. The van der Waals surface area contributed by atoms with E-state index >= 15 is 0 Å². The van der Waals surface area contributed by atoms with Crippen molar-refractivity contribution in [2.75, 3.05) is 39.3 Å². The van der Waals surface area contributed by atoms with Gasteiger partial charge in [-0.25, -0.2) is 4.79 Å². The van der Waals surface area contributed by atoms with Crippen molar-refractivity contribution in [3.63, 3.8) is 0 Å². The molecule has 1 amide bonds. The van der Waals surface area contributed by atoms with Crippen molar-refractivity contribution < 1.29 is 14.3 Å². The van der Waals surface area contributed by atoms with E-state index in [0.29, 0.717) is 18.6 Å². The summed E-state index contributed by atoms with van der Waals surface area (Å²) in [6.45, 7) is 11.1. The van der Waals surface area contributed by atoms with Gasteiger partial charge < -0.3 is 19.3 Å². The van der Waals surface area contributed by atoms with Crippen molar-refractivity contribution in [2.24, 2.45) is 5.92 Å². The molecule has 0 aromatic heterocycles. The summed E-state index contributed by atoms with van der Waals surface area (Å²) in [4.78, 5) is 16.5. The van der Waals surface area contributed by atoms with Crippen molar-refractivity contribution >= 4 is 6.09 Å². The number of ether oxygens (including phenoxy) is 2. The Bertz CT molecular complexity index is 437. The Kier molecular flexibility index (Phi) is 6.94. The molecule has 0 unspecified atom stereocenters. The van der Waals surface area contributed by atoms with Crippen LogP contribution in [0.25, 0.3) is 0 Å². The van der Waals surface area contributed by atoms with Crippen molar-refractivity contribution in [1.29, 1.82) is 0 Å². The number of terminal acetylenes is 1. The number of likely N-dealkylation sites (tertiary alicyclic amines) is 2. The highest BCUT2D eigenvalue weighted by atomic mass is 16.6. The Labute approximate surface area is 146 Å². The summed E-state index contributed by atoms with van der Waals surface area (Å²) < 4.78 is 11.1. The Morgan fingerprint density at radius 3 is 2.29 bits per heavy atom. The van der Waals surface area contributed by atoms with Gasteiger partial charge in [-0.2, -0.15) is 0 Å². The second-order valence-electron chi connectivity index (χ2n) is 7.93. The maximum absolute atomic E-state index is 12.1. The van der Waals surface area contributed by atoms with Crippen LogP contribution in [0, 0.1) is 18.3 Å². The van der Waals surface area contributed by atoms with Gasteiger partial charge in [0, 0.05) is 32.7 Å². The maximum Gasteiger partial charge on any atom is 0.410 e. The summed E-state index contributed by atoms with van der Waals surface area (Å²) in [6, 6.07) is 0. The molecule has 0 N–H and O–H groups in total. The summed E-state index contributed by atoms with van der Waals surface area (Å²) in [7, 11) is 0. The lowest BCUT2D eigenvalue weighted by Crippen LogP contribution is -2.45. The first-order valence-corrected chi connectivity index (χ1v) is 9.12. The van der Waals surface area contributed by atoms with Gasteiger partial charge >= 0.3 is 6.09 Å². The first kappa shape index (κ1) is 19.1. The lowest BCUT2D eigenvalue weighted by atomic mass is 9.95. The molecule has 136 valence electrons. The predicted molar refractivity (Wildman–Crippen MR) is 94.8 cm³/mol. The highest BCUT2D eigenvalue weighted by molar-refractivity contribution is 5.68. The lowest BCUT2D eigenvalue weighted by molar-refractivity contribution is 0.00863. The van der Waals surface area contributed by atoms with Crippen LogP contribution in [0.3, 0.4) is 0 Å². The minimum Gasteiger partial charge on any atom is -0.444 e. The molecular weight excluding hydrogens is 304 g/mol. The van der Waals surface area contributed by atoms with Gasteiger partial charge in [-0.15, -0.1) is 6.42 Å². The molecule has 24 heavy (non-hydrogen) atoms. The molecule has 0 aliphatic carbocycles. The molecule has 0 spiro atoms. The normalized spacial score (nSPS) is 21.5. The van der Waals surface area contributed by atoms with Crippen molar-refractivity contribution in [3.05, 3.63) is 0 Å². The third-order valence-corrected chi connectivity index (χ3v) is 4.72. The number of hydrogen-bond donors (Lipinski definition) is 0. The van der Waals surface area contributed by atoms with E-state index in [1.165, 1.54) is 0 Å². The molecule has 5 nitrogen and oxygen atoms in total. The molecular formula is C19H32N2O3. The minimum atomic E-state index is -0.417. The molecule has 0 bridgehead atoms.